The van der Waals surface area contributed by atoms with Crippen LogP contribution in [0.15, 0.2) is 84.9 Å². The summed E-state index contributed by atoms with van der Waals surface area (Å²) < 4.78 is 6.24. The van der Waals surface area contributed by atoms with Crippen molar-refractivity contribution in [3.63, 3.8) is 0 Å². The Kier molecular flexibility index (Phi) is 6.05. The first kappa shape index (κ1) is 18.2. The molecule has 0 heterocycles. The molecule has 0 aromatic heterocycles. The van der Waals surface area contributed by atoms with Gasteiger partial charge in [-0.3, -0.25) is 4.79 Å². The summed E-state index contributed by atoms with van der Waals surface area (Å²) in [6, 6.07) is 25.9. The van der Waals surface area contributed by atoms with E-state index in [9.17, 15) is 4.79 Å². The summed E-state index contributed by atoms with van der Waals surface area (Å²) in [5, 5.41) is 2.55. The van der Waals surface area contributed by atoms with Crippen molar-refractivity contribution in [1.29, 1.82) is 0 Å². The quantitative estimate of drug-likeness (QED) is 0.644. The van der Waals surface area contributed by atoms with E-state index in [-0.39, 0.29) is 5.78 Å². The van der Waals surface area contributed by atoms with Gasteiger partial charge in [0.25, 0.3) is 0 Å². The van der Waals surface area contributed by atoms with E-state index in [0.717, 1.165) is 11.3 Å². The lowest BCUT2D eigenvalue weighted by atomic mass is 9.94. The van der Waals surface area contributed by atoms with E-state index >= 15 is 0 Å². The van der Waals surface area contributed by atoms with E-state index in [4.69, 9.17) is 16.3 Å². The summed E-state index contributed by atoms with van der Waals surface area (Å²) in [6.07, 6.45) is -0.438. The summed E-state index contributed by atoms with van der Waals surface area (Å²) in [7, 11) is 1.89. The normalized spacial score (nSPS) is 13.0. The third kappa shape index (κ3) is 4.31. The second-order valence-electron chi connectivity index (χ2n) is 5.99. The van der Waals surface area contributed by atoms with E-state index in [0.29, 0.717) is 10.6 Å². The van der Waals surface area contributed by atoms with E-state index in [1.54, 1.807) is 0 Å². The summed E-state index contributed by atoms with van der Waals surface area (Å²) in [6.45, 7) is 0. The lowest BCUT2D eigenvalue weighted by Gasteiger charge is -2.25. The van der Waals surface area contributed by atoms with Gasteiger partial charge < -0.3 is 10.1 Å². The molecule has 2 N–H and O–H groups in total. The van der Waals surface area contributed by atoms with Crippen LogP contribution < -0.4 is 10.1 Å². The minimum atomic E-state index is -0.438. The first-order valence-electron chi connectivity index (χ1n) is 8.55. The maximum Gasteiger partial charge on any atom is 0.224 e. The predicted octanol–water partition coefficient (Wildman–Crippen LogP) is 3.90. The maximum atomic E-state index is 13.1. The molecule has 132 valence electrons. The van der Waals surface area contributed by atoms with Gasteiger partial charge in [0.15, 0.2) is 12.1 Å². The minimum absolute atomic E-state index is 0.0315. The number of carbonyl (C=O) groups excluding carboxylic acids is 1. The van der Waals surface area contributed by atoms with Gasteiger partial charge in [0.2, 0.25) is 5.78 Å². The highest BCUT2D eigenvalue weighted by Gasteiger charge is 2.34. The number of ketones is 1. The molecule has 3 rings (SSSR count). The number of para-hydroxylation sites is 1. The Hall–Kier alpha value is -2.62. The van der Waals surface area contributed by atoms with Crippen LogP contribution in [0.2, 0.25) is 5.02 Å². The molecule has 0 radical (unpaired) electrons. The molecule has 0 unspecified atom stereocenters. The van der Waals surface area contributed by atoms with Crippen molar-refractivity contribution >= 4 is 17.4 Å². The number of carbonyl (C=O) groups is 1. The Morgan fingerprint density at radius 2 is 1.46 bits per heavy atom. The third-order valence-corrected chi connectivity index (χ3v) is 4.50. The lowest BCUT2D eigenvalue weighted by molar-refractivity contribution is -0.656. The third-order valence-electron chi connectivity index (χ3n) is 4.25. The Labute approximate surface area is 158 Å². The Balaban J connectivity index is 1.97. The van der Waals surface area contributed by atoms with Crippen molar-refractivity contribution in [2.75, 3.05) is 7.05 Å². The van der Waals surface area contributed by atoms with E-state index in [2.05, 4.69) is 0 Å². The molecule has 3 aromatic carbocycles. The molecular formula is C22H21ClNO2+. The zero-order valence-electron chi connectivity index (χ0n) is 14.5. The van der Waals surface area contributed by atoms with E-state index in [1.807, 2.05) is 97.3 Å². The van der Waals surface area contributed by atoms with Gasteiger partial charge in [0.05, 0.1) is 7.05 Å². The minimum Gasteiger partial charge on any atom is -0.479 e. The first-order valence-corrected chi connectivity index (χ1v) is 8.92. The molecule has 0 aliphatic rings. The van der Waals surface area contributed by atoms with Crippen LogP contribution in [0.1, 0.15) is 22.0 Å². The lowest BCUT2D eigenvalue weighted by Crippen LogP contribution is -2.89. The second kappa shape index (κ2) is 8.65. The molecule has 3 aromatic rings. The largest absolute Gasteiger partial charge is 0.479 e. The zero-order chi connectivity index (χ0) is 18.4. The summed E-state index contributed by atoms with van der Waals surface area (Å²) >= 11 is 6.03. The average Bonchev–Trinajstić information content (AvgIpc) is 2.70. The van der Waals surface area contributed by atoms with Gasteiger partial charge >= 0.3 is 0 Å². The van der Waals surface area contributed by atoms with Crippen LogP contribution >= 0.6 is 11.6 Å². The van der Waals surface area contributed by atoms with Crippen LogP contribution in [0.25, 0.3) is 0 Å². The number of nitrogens with two attached hydrogens (primary N) is 1. The molecule has 0 aliphatic heterocycles. The fourth-order valence-electron chi connectivity index (χ4n) is 2.91. The van der Waals surface area contributed by atoms with Crippen molar-refractivity contribution in [2.24, 2.45) is 0 Å². The monoisotopic (exact) mass is 366 g/mol. The molecule has 0 aliphatic carbocycles. The van der Waals surface area contributed by atoms with Gasteiger partial charge in [-0.05, 0) is 29.8 Å². The molecule has 0 saturated carbocycles. The van der Waals surface area contributed by atoms with E-state index < -0.39 is 12.1 Å². The zero-order valence-corrected chi connectivity index (χ0v) is 15.3. The molecule has 0 bridgehead atoms. The molecule has 0 spiro atoms. The number of quaternary nitrogens is 1. The molecule has 4 heteroatoms. The summed E-state index contributed by atoms with van der Waals surface area (Å²) in [5.74, 6) is 0.754. The SMILES string of the molecule is C[NH2+][C@@H](C(=O)c1ccccc1)[C@@H](Oc1ccccc1)c1ccc(Cl)cc1. The standard InChI is InChI=1S/C22H20ClNO2/c1-24-20(21(25)16-8-4-2-5-9-16)22(17-12-14-18(23)15-13-17)26-19-10-6-3-7-11-19/h2-15,20,22,24H,1H3/p+1/t20-,22-/m0/s1. The van der Waals surface area contributed by atoms with Crippen LogP contribution in [0.5, 0.6) is 5.75 Å². The molecule has 0 saturated heterocycles. The van der Waals surface area contributed by atoms with Crippen molar-refractivity contribution in [3.05, 3.63) is 101 Å². The van der Waals surface area contributed by atoms with Gasteiger partial charge in [0, 0.05) is 10.6 Å². The van der Waals surface area contributed by atoms with E-state index in [1.165, 1.54) is 0 Å². The van der Waals surface area contributed by atoms with Gasteiger partial charge in [-0.15, -0.1) is 0 Å². The number of likely N-dealkylation sites (N-methyl/N-ethyl adjacent to an activating group) is 1. The molecular weight excluding hydrogens is 346 g/mol. The number of ether oxygens (including phenoxy) is 1. The van der Waals surface area contributed by atoms with Crippen LogP contribution in [0.4, 0.5) is 0 Å². The Morgan fingerprint density at radius 1 is 0.885 bits per heavy atom. The second-order valence-corrected chi connectivity index (χ2v) is 6.43. The smallest absolute Gasteiger partial charge is 0.224 e. The first-order chi connectivity index (χ1) is 12.7. The number of benzene rings is 3. The maximum absolute atomic E-state index is 13.1. The number of Topliss-reactive ketones (excluding diaryl/α,β-unsaturated/α-hetero) is 1. The highest BCUT2D eigenvalue weighted by molar-refractivity contribution is 6.30. The van der Waals surface area contributed by atoms with Crippen LogP contribution in [0, 0.1) is 0 Å². The molecule has 26 heavy (non-hydrogen) atoms. The highest BCUT2D eigenvalue weighted by Crippen LogP contribution is 2.26. The van der Waals surface area contributed by atoms with Gasteiger partial charge in [-0.25, -0.2) is 0 Å². The number of hydrogen-bond donors (Lipinski definition) is 1. The number of rotatable bonds is 7. The molecule has 0 fully saturated rings. The fourth-order valence-corrected chi connectivity index (χ4v) is 3.03. The topological polar surface area (TPSA) is 42.9 Å². The average molecular weight is 367 g/mol. The summed E-state index contributed by atoms with van der Waals surface area (Å²) in [5.41, 5.74) is 1.58. The van der Waals surface area contributed by atoms with Gasteiger partial charge in [-0.1, -0.05) is 72.3 Å². The van der Waals surface area contributed by atoms with Gasteiger partial charge in [-0.2, -0.15) is 0 Å². The Bertz CT molecular complexity index is 835. The van der Waals surface area contributed by atoms with Crippen molar-refractivity contribution in [3.8, 4) is 5.75 Å². The van der Waals surface area contributed by atoms with Crippen molar-refractivity contribution in [2.45, 2.75) is 12.1 Å². The van der Waals surface area contributed by atoms with Crippen molar-refractivity contribution in [1.82, 2.24) is 0 Å². The van der Waals surface area contributed by atoms with Crippen LogP contribution in [0.3, 0.4) is 0 Å². The summed E-state index contributed by atoms with van der Waals surface area (Å²) in [4.78, 5) is 13.1. The molecule has 0 amide bonds. The van der Waals surface area contributed by atoms with Gasteiger partial charge in [0.1, 0.15) is 5.75 Å². The van der Waals surface area contributed by atoms with Crippen LogP contribution in [-0.2, 0) is 0 Å². The molecule has 2 atom stereocenters. The predicted molar refractivity (Wildman–Crippen MR) is 104 cm³/mol. The fraction of sp³-hybridized carbons (Fsp3) is 0.136. The number of halogens is 1. The number of hydrogen-bond acceptors (Lipinski definition) is 2. The van der Waals surface area contributed by atoms with Crippen molar-refractivity contribution < 1.29 is 14.8 Å². The molecule has 3 nitrogen and oxygen atoms in total. The highest BCUT2D eigenvalue weighted by atomic mass is 35.5. The van der Waals surface area contributed by atoms with Crippen LogP contribution in [-0.4, -0.2) is 18.9 Å². The Morgan fingerprint density at radius 3 is 2.04 bits per heavy atom.